The van der Waals surface area contributed by atoms with Gasteiger partial charge in [-0.1, -0.05) is 27.7 Å². The van der Waals surface area contributed by atoms with E-state index in [2.05, 4.69) is 46.4 Å². The third kappa shape index (κ3) is 18.4. The molecule has 27 nitrogen and oxygen atoms in total. The maximum atomic E-state index is 14.0. The van der Waals surface area contributed by atoms with Gasteiger partial charge in [0.1, 0.15) is 48.3 Å². The van der Waals surface area contributed by atoms with Gasteiger partial charge in [0.05, 0.1) is 19.0 Å². The molecule has 9 atom stereocenters. The number of rotatable bonds is 27. The normalized spacial score (nSPS) is 19.0. The highest BCUT2D eigenvalue weighted by atomic mass is 31.2. The summed E-state index contributed by atoms with van der Waals surface area (Å²) in [6.07, 6.45) is 3.29. The van der Waals surface area contributed by atoms with Crippen molar-refractivity contribution in [1.82, 2.24) is 51.7 Å². The highest BCUT2D eigenvalue weighted by Crippen LogP contribution is 2.36. The zero-order valence-corrected chi connectivity index (χ0v) is 41.1. The molecule has 0 saturated carbocycles. The number of phosphoric acid groups is 1. The Bertz CT molecular complexity index is 2090. The fourth-order valence-electron chi connectivity index (χ4n) is 7.94. The topological polar surface area (TPSA) is 417 Å². The number of nitrogens with zero attached hydrogens (tertiary/aromatic N) is 3. The van der Waals surface area contributed by atoms with Crippen molar-refractivity contribution >= 4 is 67.0 Å². The van der Waals surface area contributed by atoms with Crippen LogP contribution in [0.1, 0.15) is 98.6 Å². The first kappa shape index (κ1) is 58.3. The number of carboxylic acids is 1. The highest BCUT2D eigenvalue weighted by molar-refractivity contribution is 7.46. The maximum absolute atomic E-state index is 14.0. The number of hydrogen-bond acceptors (Lipinski definition) is 14. The summed E-state index contributed by atoms with van der Waals surface area (Å²) in [5, 5.41) is 24.3. The van der Waals surface area contributed by atoms with E-state index in [9.17, 15) is 67.4 Å². The van der Waals surface area contributed by atoms with Gasteiger partial charge in [0.2, 0.25) is 53.2 Å². The van der Waals surface area contributed by atoms with E-state index < -0.39 is 128 Å². The smallest absolute Gasteiger partial charge is 0.469 e. The second-order valence-electron chi connectivity index (χ2n) is 18.4. The minimum Gasteiger partial charge on any atom is -0.480 e. The molecule has 0 bridgehead atoms. The number of H-pyrrole nitrogens is 1. The van der Waals surface area contributed by atoms with Gasteiger partial charge in [0.15, 0.2) is 0 Å². The van der Waals surface area contributed by atoms with Crippen LogP contribution in [-0.2, 0) is 63.5 Å². The summed E-state index contributed by atoms with van der Waals surface area (Å²) in [7, 11) is -5.22. The summed E-state index contributed by atoms with van der Waals surface area (Å²) < 4.78 is 16.3. The number of primary amides is 1. The molecule has 2 aliphatic heterocycles. The fraction of sp³-hybridized carbons (Fsp3) is 0.690. The van der Waals surface area contributed by atoms with E-state index in [1.54, 1.807) is 13.8 Å². The Labute approximate surface area is 404 Å². The Hall–Kier alpha value is -6.02. The lowest BCUT2D eigenvalue weighted by Crippen LogP contribution is -2.60. The largest absolute Gasteiger partial charge is 0.480 e. The van der Waals surface area contributed by atoms with Crippen molar-refractivity contribution in [2.24, 2.45) is 23.3 Å². The number of likely N-dealkylation sites (tertiary alicyclic amines) is 2. The highest BCUT2D eigenvalue weighted by Gasteiger charge is 2.41. The number of hydrogen-bond donors (Lipinski definition) is 12. The molecule has 28 heteroatoms. The van der Waals surface area contributed by atoms with E-state index in [0.717, 1.165) is 4.90 Å². The van der Waals surface area contributed by atoms with Gasteiger partial charge >= 0.3 is 13.8 Å². The molecule has 0 aromatic carbocycles. The molecular weight excluding hydrogens is 944 g/mol. The molecule has 14 N–H and O–H groups in total. The summed E-state index contributed by atoms with van der Waals surface area (Å²) in [5.41, 5.74) is 11.8. The number of aromatic amines is 1. The monoisotopic (exact) mass is 1010 g/mol. The van der Waals surface area contributed by atoms with E-state index in [0.29, 0.717) is 25.0 Å². The molecule has 2 saturated heterocycles. The van der Waals surface area contributed by atoms with Gasteiger partial charge in [-0.2, -0.15) is 0 Å². The van der Waals surface area contributed by atoms with Crippen molar-refractivity contribution in [2.45, 2.75) is 154 Å². The molecular formula is C42H69N12O15P. The lowest BCUT2D eigenvalue weighted by atomic mass is 10.0. The summed E-state index contributed by atoms with van der Waals surface area (Å²) in [5.74, 6) is -8.83. The molecule has 0 aliphatic carbocycles. The number of nitrogens with one attached hydrogen (secondary N) is 7. The summed E-state index contributed by atoms with van der Waals surface area (Å²) >= 11 is 0. The molecule has 392 valence electrons. The third-order valence-electron chi connectivity index (χ3n) is 11.5. The number of carboxylic acid groups (broad SMARTS) is 1. The van der Waals surface area contributed by atoms with Gasteiger partial charge < -0.3 is 73.0 Å². The van der Waals surface area contributed by atoms with E-state index in [-0.39, 0.29) is 63.5 Å². The molecule has 0 radical (unpaired) electrons. The van der Waals surface area contributed by atoms with Crippen molar-refractivity contribution in [2.75, 3.05) is 19.7 Å². The van der Waals surface area contributed by atoms with E-state index in [1.807, 2.05) is 13.8 Å². The van der Waals surface area contributed by atoms with Gasteiger partial charge in [-0.05, 0) is 70.6 Å². The minimum atomic E-state index is -5.22. The van der Waals surface area contributed by atoms with Crippen LogP contribution in [0.4, 0.5) is 0 Å². The molecule has 0 unspecified atom stereocenters. The van der Waals surface area contributed by atoms with Crippen LogP contribution >= 0.6 is 7.82 Å². The molecule has 2 aliphatic rings. The molecule has 3 heterocycles. The first-order valence-corrected chi connectivity index (χ1v) is 24.6. The molecule has 0 spiro atoms. The zero-order valence-electron chi connectivity index (χ0n) is 40.2. The number of carbonyl (C=O) groups is 10. The molecule has 1 aromatic heterocycles. The summed E-state index contributed by atoms with van der Waals surface area (Å²) in [4.78, 5) is 160. The van der Waals surface area contributed by atoms with Gasteiger partial charge in [0.25, 0.3) is 0 Å². The maximum Gasteiger partial charge on any atom is 0.469 e. The minimum absolute atomic E-state index is 0.0509. The van der Waals surface area contributed by atoms with Crippen LogP contribution in [0.3, 0.4) is 0 Å². The second-order valence-corrected chi connectivity index (χ2v) is 19.6. The second kappa shape index (κ2) is 26.8. The Morgan fingerprint density at radius 1 is 0.729 bits per heavy atom. The predicted molar refractivity (Wildman–Crippen MR) is 246 cm³/mol. The lowest BCUT2D eigenvalue weighted by molar-refractivity contribution is -0.143. The number of phosphoric ester groups is 1. The van der Waals surface area contributed by atoms with Gasteiger partial charge in [-0.15, -0.1) is 0 Å². The summed E-state index contributed by atoms with van der Waals surface area (Å²) in [6, 6.07) is -11.8. The van der Waals surface area contributed by atoms with Crippen molar-refractivity contribution in [1.29, 1.82) is 0 Å². The number of carbonyl (C=O) groups excluding carboxylic acids is 9. The van der Waals surface area contributed by atoms with Gasteiger partial charge in [-0.3, -0.25) is 47.7 Å². The third-order valence-corrected chi connectivity index (χ3v) is 12.0. The average molecular weight is 1010 g/mol. The van der Waals surface area contributed by atoms with Crippen LogP contribution in [0.5, 0.6) is 0 Å². The average Bonchev–Trinajstić information content (AvgIpc) is 4.08. The van der Waals surface area contributed by atoms with Crippen LogP contribution in [0.15, 0.2) is 12.5 Å². The van der Waals surface area contributed by atoms with Crippen LogP contribution in [-0.4, -0.2) is 168 Å². The number of nitrogens with two attached hydrogens (primary N) is 2. The van der Waals surface area contributed by atoms with E-state index in [1.165, 1.54) is 31.3 Å². The zero-order chi connectivity index (χ0) is 52.6. The van der Waals surface area contributed by atoms with Crippen LogP contribution in [0.25, 0.3) is 0 Å². The Kier molecular flexibility index (Phi) is 22.3. The Morgan fingerprint density at radius 3 is 1.69 bits per heavy atom. The molecule has 2 fully saturated rings. The molecule has 3 rings (SSSR count). The SMILES string of the molecule is CC(C)C[C@H](NC(=O)[C@H](CCC(N)=O)NC(=O)[C@H](Cc1cnc[nH]1)NC(=O)[C@H](C)NC(=O)[C@@H]1CCCN1C(=O)[C@H](COP(=O)(O)O)NC(=O)[C@H](C)NC(=O)[C@@H]1CCCN1C(=O)[C@@H](N)CC(C)C)C(=O)O. The lowest BCUT2D eigenvalue weighted by Gasteiger charge is -2.30. The summed E-state index contributed by atoms with van der Waals surface area (Å²) in [6.45, 7) is 9.00. The molecule has 1 aromatic rings. The van der Waals surface area contributed by atoms with Gasteiger partial charge in [0, 0.05) is 37.8 Å². The van der Waals surface area contributed by atoms with Crippen molar-refractivity contribution < 1.29 is 71.9 Å². The van der Waals surface area contributed by atoms with Crippen LogP contribution in [0.2, 0.25) is 0 Å². The van der Waals surface area contributed by atoms with E-state index in [4.69, 9.17) is 11.5 Å². The standard InChI is InChI=1S/C42H69N12O15P/c1-21(2)15-26(43)40(62)53-13-7-9-31(53)38(60)48-24(6)35(57)52-30(19-69-70(66,67)68)41(63)54-14-8-10-32(54)39(61)47-23(5)34(56)50-28(17-25-18-45-20-46-25)37(59)49-27(11-12-33(44)55)36(58)51-29(42(64)65)16-22(3)4/h18,20-24,26-32H,7-17,19,43H2,1-6H3,(H2,44,55)(H,45,46)(H,47,61)(H,48,60)(H,49,59)(H,50,56)(H,51,58)(H,52,57)(H,64,65)(H2,66,67,68)/t23-,24-,26-,27-,28-,29-,30-,31-,32-/m0/s1. The fourth-order valence-corrected chi connectivity index (χ4v) is 8.28. The van der Waals surface area contributed by atoms with E-state index >= 15 is 0 Å². The van der Waals surface area contributed by atoms with Crippen LogP contribution < -0.4 is 43.4 Å². The van der Waals surface area contributed by atoms with Crippen LogP contribution in [0, 0.1) is 11.8 Å². The Balaban J connectivity index is 1.74. The first-order chi connectivity index (χ1) is 32.7. The van der Waals surface area contributed by atoms with Crippen molar-refractivity contribution in [3.63, 3.8) is 0 Å². The number of aliphatic carboxylic acids is 1. The first-order valence-electron chi connectivity index (χ1n) is 23.1. The predicted octanol–water partition coefficient (Wildman–Crippen LogP) is -3.24. The number of aromatic nitrogens is 2. The molecule has 9 amide bonds. The Morgan fingerprint density at radius 2 is 1.21 bits per heavy atom. The quantitative estimate of drug-likeness (QED) is 0.0385. The molecule has 70 heavy (non-hydrogen) atoms. The number of imidazole rings is 1. The van der Waals surface area contributed by atoms with Crippen molar-refractivity contribution in [3.05, 3.63) is 18.2 Å². The number of amides is 9. The van der Waals surface area contributed by atoms with Gasteiger partial charge in [-0.25, -0.2) is 14.3 Å². The van der Waals surface area contributed by atoms with Crippen molar-refractivity contribution in [3.8, 4) is 0 Å².